The van der Waals surface area contributed by atoms with Crippen LogP contribution in [-0.2, 0) is 11.3 Å². The smallest absolute Gasteiger partial charge is 0.238 e. The first kappa shape index (κ1) is 18.9. The summed E-state index contributed by atoms with van der Waals surface area (Å²) in [5.74, 6) is 0.0523. The van der Waals surface area contributed by atoms with Crippen molar-refractivity contribution in [2.45, 2.75) is 20.4 Å². The van der Waals surface area contributed by atoms with E-state index < -0.39 is 0 Å². The number of carbonyl (C=O) groups excluding carboxylic acids is 1. The summed E-state index contributed by atoms with van der Waals surface area (Å²) in [5.41, 5.74) is 4.37. The number of benzene rings is 2. The van der Waals surface area contributed by atoms with Crippen LogP contribution in [0.3, 0.4) is 0 Å². The average molecular weight is 372 g/mol. The summed E-state index contributed by atoms with van der Waals surface area (Å²) < 4.78 is 0. The molecule has 4 nitrogen and oxygen atoms in total. The zero-order valence-electron chi connectivity index (χ0n) is 15.5. The highest BCUT2D eigenvalue weighted by Gasteiger charge is 2.19. The van der Waals surface area contributed by atoms with Crippen LogP contribution in [-0.4, -0.2) is 48.4 Å². The summed E-state index contributed by atoms with van der Waals surface area (Å²) in [6.45, 7) is 9.06. The number of nitrogens with one attached hydrogen (secondary N) is 1. The quantitative estimate of drug-likeness (QED) is 0.870. The molecule has 1 fully saturated rings. The van der Waals surface area contributed by atoms with Gasteiger partial charge in [0.15, 0.2) is 0 Å². The Bertz CT molecular complexity index is 770. The number of amides is 1. The summed E-state index contributed by atoms with van der Waals surface area (Å²) in [7, 11) is 0. The Balaban J connectivity index is 1.46. The van der Waals surface area contributed by atoms with Crippen LogP contribution in [0.25, 0.3) is 0 Å². The Morgan fingerprint density at radius 1 is 1.04 bits per heavy atom. The first-order valence-electron chi connectivity index (χ1n) is 9.06. The number of piperazine rings is 1. The molecule has 0 bridgehead atoms. The molecule has 0 aromatic heterocycles. The van der Waals surface area contributed by atoms with Crippen LogP contribution >= 0.6 is 11.6 Å². The summed E-state index contributed by atoms with van der Waals surface area (Å²) in [6.07, 6.45) is 0. The molecular weight excluding hydrogens is 346 g/mol. The Kier molecular flexibility index (Phi) is 6.30. The summed E-state index contributed by atoms with van der Waals surface area (Å²) in [4.78, 5) is 17.0. The van der Waals surface area contributed by atoms with Gasteiger partial charge in [0.25, 0.3) is 0 Å². The van der Waals surface area contributed by atoms with Crippen molar-refractivity contribution < 1.29 is 4.79 Å². The second kappa shape index (κ2) is 8.67. The van der Waals surface area contributed by atoms with Gasteiger partial charge >= 0.3 is 0 Å². The molecule has 0 atom stereocenters. The van der Waals surface area contributed by atoms with E-state index in [9.17, 15) is 4.79 Å². The molecule has 2 aromatic rings. The molecule has 3 rings (SSSR count). The third-order valence-corrected chi connectivity index (χ3v) is 5.21. The van der Waals surface area contributed by atoms with Crippen LogP contribution < -0.4 is 5.32 Å². The van der Waals surface area contributed by atoms with Gasteiger partial charge in [-0.1, -0.05) is 47.5 Å². The Labute approximate surface area is 160 Å². The molecule has 0 spiro atoms. The van der Waals surface area contributed by atoms with Gasteiger partial charge in [0, 0.05) is 43.4 Å². The molecule has 1 amide bonds. The van der Waals surface area contributed by atoms with Gasteiger partial charge in [0.2, 0.25) is 5.91 Å². The number of halogens is 1. The van der Waals surface area contributed by atoms with Gasteiger partial charge in [0.1, 0.15) is 0 Å². The number of nitrogens with zero attached hydrogens (tertiary/aromatic N) is 2. The minimum Gasteiger partial charge on any atom is -0.325 e. The Hall–Kier alpha value is -1.88. The van der Waals surface area contributed by atoms with Crippen LogP contribution in [0.5, 0.6) is 0 Å². The van der Waals surface area contributed by atoms with Crippen LogP contribution in [0.4, 0.5) is 5.69 Å². The maximum Gasteiger partial charge on any atom is 0.238 e. The normalized spacial score (nSPS) is 15.8. The number of anilines is 1. The van der Waals surface area contributed by atoms with Crippen molar-refractivity contribution in [3.8, 4) is 0 Å². The van der Waals surface area contributed by atoms with Gasteiger partial charge in [-0.05, 0) is 37.1 Å². The van der Waals surface area contributed by atoms with Gasteiger partial charge in [-0.3, -0.25) is 14.6 Å². The molecule has 0 aliphatic carbocycles. The fourth-order valence-corrected chi connectivity index (χ4v) is 3.52. The zero-order valence-corrected chi connectivity index (χ0v) is 16.2. The third-order valence-electron chi connectivity index (χ3n) is 4.84. The van der Waals surface area contributed by atoms with Gasteiger partial charge in [-0.15, -0.1) is 0 Å². The van der Waals surface area contributed by atoms with E-state index in [1.54, 1.807) is 0 Å². The molecule has 1 heterocycles. The fourth-order valence-electron chi connectivity index (χ4n) is 3.32. The predicted octanol–water partition coefficient (Wildman–Crippen LogP) is 3.71. The summed E-state index contributed by atoms with van der Waals surface area (Å²) >= 11 is 6.25. The molecule has 138 valence electrons. The number of rotatable bonds is 5. The maximum absolute atomic E-state index is 12.4. The van der Waals surface area contributed by atoms with Crippen molar-refractivity contribution >= 4 is 23.2 Å². The van der Waals surface area contributed by atoms with Crippen molar-refractivity contribution in [3.63, 3.8) is 0 Å². The molecular formula is C21H26ClN3O. The number of hydrogen-bond acceptors (Lipinski definition) is 3. The van der Waals surface area contributed by atoms with Crippen molar-refractivity contribution in [1.82, 2.24) is 9.80 Å². The molecule has 1 aliphatic rings. The molecule has 2 aromatic carbocycles. The van der Waals surface area contributed by atoms with Crippen LogP contribution in [0.2, 0.25) is 5.02 Å². The number of aryl methyl sites for hydroxylation is 2. The van der Waals surface area contributed by atoms with E-state index in [0.29, 0.717) is 6.54 Å². The largest absolute Gasteiger partial charge is 0.325 e. The lowest BCUT2D eigenvalue weighted by atomic mass is 10.1. The van der Waals surface area contributed by atoms with E-state index in [1.807, 2.05) is 37.3 Å². The molecule has 0 unspecified atom stereocenters. The SMILES string of the molecule is Cc1ccc(NC(=O)CN2CCN(Cc3ccccc3Cl)CC2)c(C)c1. The Morgan fingerprint density at radius 3 is 2.42 bits per heavy atom. The van der Waals surface area contributed by atoms with Gasteiger partial charge in [-0.25, -0.2) is 0 Å². The molecule has 0 saturated carbocycles. The van der Waals surface area contributed by atoms with Crippen LogP contribution in [0.15, 0.2) is 42.5 Å². The first-order valence-corrected chi connectivity index (χ1v) is 9.44. The highest BCUT2D eigenvalue weighted by atomic mass is 35.5. The zero-order chi connectivity index (χ0) is 18.5. The second-order valence-corrected chi connectivity index (χ2v) is 7.42. The fraction of sp³-hybridized carbons (Fsp3) is 0.381. The molecule has 1 saturated heterocycles. The van der Waals surface area contributed by atoms with Gasteiger partial charge in [-0.2, -0.15) is 0 Å². The van der Waals surface area contributed by atoms with E-state index in [0.717, 1.165) is 54.6 Å². The minimum absolute atomic E-state index is 0.0523. The summed E-state index contributed by atoms with van der Waals surface area (Å²) in [5, 5.41) is 3.85. The van der Waals surface area contributed by atoms with Crippen molar-refractivity contribution in [2.75, 3.05) is 38.0 Å². The maximum atomic E-state index is 12.4. The first-order chi connectivity index (χ1) is 12.5. The van der Waals surface area contributed by atoms with Gasteiger partial charge in [0.05, 0.1) is 6.54 Å². The second-order valence-electron chi connectivity index (χ2n) is 7.01. The van der Waals surface area contributed by atoms with Crippen molar-refractivity contribution in [3.05, 3.63) is 64.2 Å². The lowest BCUT2D eigenvalue weighted by Gasteiger charge is -2.34. The number of hydrogen-bond donors (Lipinski definition) is 1. The molecule has 1 aliphatic heterocycles. The Morgan fingerprint density at radius 2 is 1.73 bits per heavy atom. The van der Waals surface area contributed by atoms with Crippen molar-refractivity contribution in [1.29, 1.82) is 0 Å². The van der Waals surface area contributed by atoms with Crippen molar-refractivity contribution in [2.24, 2.45) is 0 Å². The lowest BCUT2D eigenvalue weighted by molar-refractivity contribution is -0.117. The minimum atomic E-state index is 0.0523. The van der Waals surface area contributed by atoms with E-state index >= 15 is 0 Å². The summed E-state index contributed by atoms with van der Waals surface area (Å²) in [6, 6.07) is 14.1. The average Bonchev–Trinajstić information content (AvgIpc) is 2.61. The van der Waals surface area contributed by atoms with E-state index in [2.05, 4.69) is 34.2 Å². The van der Waals surface area contributed by atoms with E-state index in [1.165, 1.54) is 5.56 Å². The topological polar surface area (TPSA) is 35.6 Å². The highest BCUT2D eigenvalue weighted by molar-refractivity contribution is 6.31. The molecule has 0 radical (unpaired) electrons. The molecule has 5 heteroatoms. The lowest BCUT2D eigenvalue weighted by Crippen LogP contribution is -2.48. The molecule has 26 heavy (non-hydrogen) atoms. The predicted molar refractivity (Wildman–Crippen MR) is 108 cm³/mol. The number of carbonyl (C=O) groups is 1. The van der Waals surface area contributed by atoms with Gasteiger partial charge < -0.3 is 5.32 Å². The van der Waals surface area contributed by atoms with Crippen LogP contribution in [0.1, 0.15) is 16.7 Å². The monoisotopic (exact) mass is 371 g/mol. The third kappa shape index (κ3) is 5.07. The standard InChI is InChI=1S/C21H26ClN3O/c1-16-7-8-20(17(2)13-16)23-21(26)15-25-11-9-24(10-12-25)14-18-5-3-4-6-19(18)22/h3-8,13H,9-12,14-15H2,1-2H3,(H,23,26). The van der Waals surface area contributed by atoms with E-state index in [4.69, 9.17) is 11.6 Å². The van der Waals surface area contributed by atoms with E-state index in [-0.39, 0.29) is 5.91 Å². The van der Waals surface area contributed by atoms with Crippen LogP contribution in [0, 0.1) is 13.8 Å². The highest BCUT2D eigenvalue weighted by Crippen LogP contribution is 2.18. The molecule has 1 N–H and O–H groups in total.